The highest BCUT2D eigenvalue weighted by Gasteiger charge is 2.11. The van der Waals surface area contributed by atoms with Crippen molar-refractivity contribution in [3.05, 3.63) is 18.5 Å². The third-order valence-corrected chi connectivity index (χ3v) is 1.90. The van der Waals surface area contributed by atoms with Crippen LogP contribution in [-0.2, 0) is 0 Å². The maximum Gasteiger partial charge on any atom is 0.225 e. The molecule has 12 heavy (non-hydrogen) atoms. The SMILES string of the molecule is [c]1ccnc(N2CCNCC2)n1. The minimum Gasteiger partial charge on any atom is -0.338 e. The Balaban J connectivity index is 2.08. The van der Waals surface area contributed by atoms with Crippen molar-refractivity contribution in [2.75, 3.05) is 31.1 Å². The van der Waals surface area contributed by atoms with Crippen molar-refractivity contribution in [1.82, 2.24) is 15.3 Å². The Kier molecular flexibility index (Phi) is 2.18. The van der Waals surface area contributed by atoms with Crippen LogP contribution in [-0.4, -0.2) is 36.1 Å². The molecule has 0 spiro atoms. The van der Waals surface area contributed by atoms with Crippen molar-refractivity contribution in [3.8, 4) is 0 Å². The van der Waals surface area contributed by atoms with E-state index in [4.69, 9.17) is 0 Å². The van der Waals surface area contributed by atoms with Crippen molar-refractivity contribution in [3.63, 3.8) is 0 Å². The summed E-state index contributed by atoms with van der Waals surface area (Å²) < 4.78 is 0. The highest BCUT2D eigenvalue weighted by atomic mass is 15.3. The van der Waals surface area contributed by atoms with Gasteiger partial charge in [-0.1, -0.05) is 0 Å². The Morgan fingerprint density at radius 3 is 2.92 bits per heavy atom. The summed E-state index contributed by atoms with van der Waals surface area (Å²) in [6.45, 7) is 3.99. The molecule has 1 aromatic heterocycles. The molecule has 1 aromatic rings. The Morgan fingerprint density at radius 2 is 2.25 bits per heavy atom. The van der Waals surface area contributed by atoms with Crippen LogP contribution in [0.3, 0.4) is 0 Å². The molecule has 0 amide bonds. The zero-order valence-corrected chi connectivity index (χ0v) is 6.82. The molecule has 1 saturated heterocycles. The van der Waals surface area contributed by atoms with Crippen LogP contribution in [0.2, 0.25) is 0 Å². The van der Waals surface area contributed by atoms with Gasteiger partial charge in [0.15, 0.2) is 0 Å². The van der Waals surface area contributed by atoms with Gasteiger partial charge in [0.1, 0.15) is 0 Å². The molecule has 0 atom stereocenters. The summed E-state index contributed by atoms with van der Waals surface area (Å²) >= 11 is 0. The van der Waals surface area contributed by atoms with E-state index in [1.165, 1.54) is 0 Å². The number of rotatable bonds is 1. The monoisotopic (exact) mass is 163 g/mol. The van der Waals surface area contributed by atoms with Crippen molar-refractivity contribution >= 4 is 5.95 Å². The van der Waals surface area contributed by atoms with Crippen molar-refractivity contribution in [2.24, 2.45) is 0 Å². The smallest absolute Gasteiger partial charge is 0.225 e. The maximum absolute atomic E-state index is 4.16. The van der Waals surface area contributed by atoms with E-state index in [0.29, 0.717) is 0 Å². The Hall–Kier alpha value is -1.16. The Bertz CT molecular complexity index is 230. The number of aromatic nitrogens is 2. The second-order valence-electron chi connectivity index (χ2n) is 2.72. The number of anilines is 1. The van der Waals surface area contributed by atoms with Crippen LogP contribution in [0.5, 0.6) is 0 Å². The minimum atomic E-state index is 0.791. The van der Waals surface area contributed by atoms with E-state index < -0.39 is 0 Å². The summed E-state index contributed by atoms with van der Waals surface area (Å²) in [7, 11) is 0. The quantitative estimate of drug-likeness (QED) is 0.616. The summed E-state index contributed by atoms with van der Waals surface area (Å²) in [5.41, 5.74) is 0. The average Bonchev–Trinajstić information content (AvgIpc) is 2.21. The molecular weight excluding hydrogens is 152 g/mol. The molecule has 0 unspecified atom stereocenters. The fourth-order valence-electron chi connectivity index (χ4n) is 1.28. The second-order valence-corrected chi connectivity index (χ2v) is 2.72. The van der Waals surface area contributed by atoms with Crippen molar-refractivity contribution in [2.45, 2.75) is 0 Å². The van der Waals surface area contributed by atoms with Crippen LogP contribution < -0.4 is 10.2 Å². The first-order valence-corrected chi connectivity index (χ1v) is 4.11. The first kappa shape index (κ1) is 7.49. The molecule has 1 aliphatic rings. The summed E-state index contributed by atoms with van der Waals surface area (Å²) in [5.74, 6) is 0.791. The molecule has 0 aliphatic carbocycles. The van der Waals surface area contributed by atoms with Gasteiger partial charge in [-0.25, -0.2) is 9.97 Å². The van der Waals surface area contributed by atoms with Gasteiger partial charge in [-0.15, -0.1) is 0 Å². The number of hydrogen-bond donors (Lipinski definition) is 1. The molecule has 4 nitrogen and oxygen atoms in total. The molecule has 63 valence electrons. The lowest BCUT2D eigenvalue weighted by Crippen LogP contribution is -2.44. The highest BCUT2D eigenvalue weighted by molar-refractivity contribution is 5.28. The van der Waals surface area contributed by atoms with E-state index in [1.807, 2.05) is 0 Å². The molecular formula is C8H11N4. The van der Waals surface area contributed by atoms with E-state index in [2.05, 4.69) is 26.4 Å². The lowest BCUT2D eigenvalue weighted by atomic mass is 10.4. The topological polar surface area (TPSA) is 41.1 Å². The third kappa shape index (κ3) is 1.53. The van der Waals surface area contributed by atoms with Gasteiger partial charge in [-0.05, 0) is 6.07 Å². The molecule has 0 saturated carbocycles. The fraction of sp³-hybridized carbons (Fsp3) is 0.500. The predicted octanol–water partition coefficient (Wildman–Crippen LogP) is -0.314. The van der Waals surface area contributed by atoms with Gasteiger partial charge < -0.3 is 10.2 Å². The second kappa shape index (κ2) is 3.49. The maximum atomic E-state index is 4.16. The van der Waals surface area contributed by atoms with Crippen LogP contribution >= 0.6 is 0 Å². The predicted molar refractivity (Wildman–Crippen MR) is 46.0 cm³/mol. The van der Waals surface area contributed by atoms with Crippen molar-refractivity contribution in [1.29, 1.82) is 0 Å². The molecule has 0 bridgehead atoms. The first-order valence-electron chi connectivity index (χ1n) is 4.11. The van der Waals surface area contributed by atoms with E-state index in [9.17, 15) is 0 Å². The molecule has 4 heteroatoms. The van der Waals surface area contributed by atoms with E-state index in [0.717, 1.165) is 32.1 Å². The van der Waals surface area contributed by atoms with Crippen molar-refractivity contribution < 1.29 is 0 Å². The van der Waals surface area contributed by atoms with Gasteiger partial charge in [0, 0.05) is 32.4 Å². The van der Waals surface area contributed by atoms with Gasteiger partial charge in [-0.2, -0.15) is 0 Å². The first-order chi connectivity index (χ1) is 5.97. The van der Waals surface area contributed by atoms with Crippen LogP contribution in [0.1, 0.15) is 0 Å². The molecule has 2 rings (SSSR count). The van der Waals surface area contributed by atoms with E-state index >= 15 is 0 Å². The lowest BCUT2D eigenvalue weighted by Gasteiger charge is -2.26. The molecule has 0 aromatic carbocycles. The standard InChI is InChI=1S/C8H11N4/c1-2-10-8(11-3-1)12-6-4-9-5-7-12/h1-2,9H,4-7H2. The normalized spacial score (nSPS) is 17.8. The van der Waals surface area contributed by atoms with Gasteiger partial charge in [0.25, 0.3) is 0 Å². The average molecular weight is 163 g/mol. The van der Waals surface area contributed by atoms with E-state index in [-0.39, 0.29) is 0 Å². The van der Waals surface area contributed by atoms with Crippen LogP contribution in [0.4, 0.5) is 5.95 Å². The third-order valence-electron chi connectivity index (χ3n) is 1.90. The summed E-state index contributed by atoms with van der Waals surface area (Å²) in [4.78, 5) is 10.4. The molecule has 1 aliphatic heterocycles. The minimum absolute atomic E-state index is 0.791. The van der Waals surface area contributed by atoms with Crippen LogP contribution in [0, 0.1) is 6.20 Å². The summed E-state index contributed by atoms with van der Waals surface area (Å²) in [6, 6.07) is 1.71. The lowest BCUT2D eigenvalue weighted by molar-refractivity contribution is 0.579. The number of hydrogen-bond acceptors (Lipinski definition) is 4. The summed E-state index contributed by atoms with van der Waals surface area (Å²) in [5, 5.41) is 3.28. The molecule has 1 radical (unpaired) electrons. The zero-order chi connectivity index (χ0) is 8.23. The fourth-order valence-corrected chi connectivity index (χ4v) is 1.28. The molecule has 1 fully saturated rings. The van der Waals surface area contributed by atoms with E-state index in [1.54, 1.807) is 12.3 Å². The number of nitrogens with zero attached hydrogens (tertiary/aromatic N) is 3. The zero-order valence-electron chi connectivity index (χ0n) is 6.82. The van der Waals surface area contributed by atoms with Crippen LogP contribution in [0.15, 0.2) is 12.3 Å². The van der Waals surface area contributed by atoms with Gasteiger partial charge >= 0.3 is 0 Å². The summed E-state index contributed by atoms with van der Waals surface area (Å²) in [6.07, 6.45) is 4.51. The van der Waals surface area contributed by atoms with Crippen LogP contribution in [0.25, 0.3) is 0 Å². The van der Waals surface area contributed by atoms with Gasteiger partial charge in [-0.3, -0.25) is 0 Å². The number of piperazine rings is 1. The number of nitrogens with one attached hydrogen (secondary N) is 1. The van der Waals surface area contributed by atoms with Gasteiger partial charge in [0.05, 0.1) is 6.20 Å². The highest BCUT2D eigenvalue weighted by Crippen LogP contribution is 2.04. The molecule has 2 heterocycles. The Morgan fingerprint density at radius 1 is 1.42 bits per heavy atom. The Labute approximate surface area is 71.6 Å². The molecule has 1 N–H and O–H groups in total. The largest absolute Gasteiger partial charge is 0.338 e. The van der Waals surface area contributed by atoms with Gasteiger partial charge in [0.2, 0.25) is 5.95 Å².